The van der Waals surface area contributed by atoms with Crippen LogP contribution in [0.25, 0.3) is 0 Å². The van der Waals surface area contributed by atoms with Gasteiger partial charge in [0.05, 0.1) is 5.69 Å². The van der Waals surface area contributed by atoms with Gasteiger partial charge in [0.2, 0.25) is 5.91 Å². The van der Waals surface area contributed by atoms with E-state index in [-0.39, 0.29) is 35.8 Å². The number of nitrogens with one attached hydrogen (secondary N) is 1. The lowest BCUT2D eigenvalue weighted by Gasteiger charge is -2.37. The highest BCUT2D eigenvalue weighted by Gasteiger charge is 2.31. The van der Waals surface area contributed by atoms with Crippen molar-refractivity contribution in [1.82, 2.24) is 10.4 Å². The molecule has 0 aliphatic carbocycles. The Balaban J connectivity index is 1.72. The van der Waals surface area contributed by atoms with Gasteiger partial charge in [-0.2, -0.15) is 0 Å². The van der Waals surface area contributed by atoms with Gasteiger partial charge in [-0.25, -0.2) is 5.48 Å². The van der Waals surface area contributed by atoms with Crippen molar-refractivity contribution in [2.24, 2.45) is 11.8 Å². The number of carbonyl (C=O) groups excluding carboxylic acids is 3. The summed E-state index contributed by atoms with van der Waals surface area (Å²) in [6, 6.07) is 4.72. The molecule has 1 aromatic carbocycles. The zero-order chi connectivity index (χ0) is 19.6. The van der Waals surface area contributed by atoms with Crippen LogP contribution in [0, 0.1) is 11.8 Å². The highest BCUT2D eigenvalue weighted by Crippen LogP contribution is 2.34. The van der Waals surface area contributed by atoms with Gasteiger partial charge in [-0.3, -0.25) is 19.6 Å². The van der Waals surface area contributed by atoms with Crippen molar-refractivity contribution < 1.29 is 24.3 Å². The summed E-state index contributed by atoms with van der Waals surface area (Å²) in [6.07, 6.45) is 1.66. The molecular weight excluding hydrogens is 350 g/mol. The van der Waals surface area contributed by atoms with Gasteiger partial charge in [-0.15, -0.1) is 0 Å². The van der Waals surface area contributed by atoms with Crippen molar-refractivity contribution in [2.45, 2.75) is 26.7 Å². The van der Waals surface area contributed by atoms with E-state index in [1.807, 2.05) is 18.7 Å². The maximum atomic E-state index is 12.4. The lowest BCUT2D eigenvalue weighted by molar-refractivity contribution is -0.136. The average Bonchev–Trinajstić information content (AvgIpc) is 2.69. The summed E-state index contributed by atoms with van der Waals surface area (Å²) < 4.78 is 5.46. The molecule has 1 fully saturated rings. The van der Waals surface area contributed by atoms with Crippen LogP contribution in [0.2, 0.25) is 0 Å². The van der Waals surface area contributed by atoms with Crippen LogP contribution in [0.3, 0.4) is 0 Å². The van der Waals surface area contributed by atoms with Gasteiger partial charge < -0.3 is 14.5 Å². The van der Waals surface area contributed by atoms with Crippen molar-refractivity contribution >= 4 is 23.4 Å². The van der Waals surface area contributed by atoms with E-state index in [1.54, 1.807) is 22.5 Å². The van der Waals surface area contributed by atoms with Gasteiger partial charge in [0.15, 0.2) is 6.61 Å². The number of hydrogen-bond donors (Lipinski definition) is 2. The number of benzene rings is 1. The second-order valence-electron chi connectivity index (χ2n) is 7.34. The van der Waals surface area contributed by atoms with Gasteiger partial charge in [-0.1, -0.05) is 13.8 Å². The number of anilines is 1. The van der Waals surface area contributed by atoms with Crippen LogP contribution in [0.1, 0.15) is 37.0 Å². The van der Waals surface area contributed by atoms with E-state index in [9.17, 15) is 14.4 Å². The number of hydroxylamine groups is 1. The maximum Gasteiger partial charge on any atom is 0.274 e. The zero-order valence-electron chi connectivity index (χ0n) is 15.6. The molecule has 1 saturated heterocycles. The van der Waals surface area contributed by atoms with Gasteiger partial charge in [0.1, 0.15) is 5.75 Å². The molecule has 1 aromatic rings. The van der Waals surface area contributed by atoms with Crippen LogP contribution in [0.5, 0.6) is 5.75 Å². The molecule has 27 heavy (non-hydrogen) atoms. The van der Waals surface area contributed by atoms with Gasteiger partial charge >= 0.3 is 0 Å². The molecule has 146 valence electrons. The van der Waals surface area contributed by atoms with Crippen LogP contribution in [0.4, 0.5) is 5.69 Å². The minimum absolute atomic E-state index is 0.00894. The summed E-state index contributed by atoms with van der Waals surface area (Å²) >= 11 is 0. The van der Waals surface area contributed by atoms with Crippen molar-refractivity contribution in [3.63, 3.8) is 0 Å². The molecule has 2 heterocycles. The molecule has 2 aliphatic heterocycles. The third-order valence-corrected chi connectivity index (χ3v) is 5.13. The molecule has 0 saturated carbocycles. The number of carbonyl (C=O) groups is 3. The standard InChI is InChI=1S/C19H25N3O5/c1-12(2)19(25)21-7-5-13(6-8-21)10-22-15-9-14(18(24)20-26)3-4-16(15)27-11-17(22)23/h3-4,9,12-13,26H,5-8,10-11H2,1-2H3,(H,20,24). The smallest absolute Gasteiger partial charge is 0.274 e. The lowest BCUT2D eigenvalue weighted by atomic mass is 9.94. The molecule has 3 rings (SSSR count). The van der Waals surface area contributed by atoms with E-state index in [2.05, 4.69) is 0 Å². The quantitative estimate of drug-likeness (QED) is 0.613. The van der Waals surface area contributed by atoms with E-state index in [4.69, 9.17) is 9.94 Å². The summed E-state index contributed by atoms with van der Waals surface area (Å²) in [5.74, 6) is 0.162. The van der Waals surface area contributed by atoms with Gasteiger partial charge in [-0.05, 0) is 37.0 Å². The van der Waals surface area contributed by atoms with Crippen molar-refractivity contribution in [3.05, 3.63) is 23.8 Å². The molecule has 0 atom stereocenters. The number of fused-ring (bicyclic) bond motifs is 1. The lowest BCUT2D eigenvalue weighted by Crippen LogP contribution is -2.46. The van der Waals surface area contributed by atoms with Crippen LogP contribution in [-0.4, -0.2) is 54.1 Å². The Kier molecular flexibility index (Phi) is 5.65. The summed E-state index contributed by atoms with van der Waals surface area (Å²) in [7, 11) is 0. The zero-order valence-corrected chi connectivity index (χ0v) is 15.6. The summed E-state index contributed by atoms with van der Waals surface area (Å²) in [6.45, 7) is 5.67. The predicted molar refractivity (Wildman–Crippen MR) is 97.7 cm³/mol. The van der Waals surface area contributed by atoms with Crippen LogP contribution in [-0.2, 0) is 9.59 Å². The number of rotatable bonds is 4. The molecule has 0 bridgehead atoms. The first-order chi connectivity index (χ1) is 12.9. The maximum absolute atomic E-state index is 12.4. The fraction of sp³-hybridized carbons (Fsp3) is 0.526. The first kappa shape index (κ1) is 19.2. The Morgan fingerprint density at radius 2 is 2.00 bits per heavy atom. The number of ether oxygens (including phenoxy) is 1. The van der Waals surface area contributed by atoms with Gasteiger partial charge in [0, 0.05) is 31.1 Å². The Bertz CT molecular complexity index is 741. The second kappa shape index (κ2) is 7.96. The molecule has 2 N–H and O–H groups in total. The number of amides is 3. The fourth-order valence-corrected chi connectivity index (χ4v) is 3.57. The third kappa shape index (κ3) is 4.05. The SMILES string of the molecule is CC(C)C(=O)N1CCC(CN2C(=O)COc3ccc(C(=O)NO)cc32)CC1. The molecule has 0 spiro atoms. The molecule has 8 nitrogen and oxygen atoms in total. The Morgan fingerprint density at radius 1 is 1.30 bits per heavy atom. The Hall–Kier alpha value is -2.61. The average molecular weight is 375 g/mol. The summed E-state index contributed by atoms with van der Waals surface area (Å²) in [4.78, 5) is 39.8. The van der Waals surface area contributed by atoms with E-state index >= 15 is 0 Å². The van der Waals surface area contributed by atoms with E-state index < -0.39 is 5.91 Å². The number of piperidine rings is 1. The Morgan fingerprint density at radius 3 is 2.63 bits per heavy atom. The largest absolute Gasteiger partial charge is 0.482 e. The molecule has 2 aliphatic rings. The number of likely N-dealkylation sites (tertiary alicyclic amines) is 1. The topological polar surface area (TPSA) is 99.2 Å². The fourth-order valence-electron chi connectivity index (χ4n) is 3.57. The summed E-state index contributed by atoms with van der Waals surface area (Å²) in [5, 5.41) is 8.84. The van der Waals surface area contributed by atoms with E-state index in [1.165, 1.54) is 6.07 Å². The normalized spacial score (nSPS) is 17.6. The van der Waals surface area contributed by atoms with E-state index in [0.717, 1.165) is 12.8 Å². The highest BCUT2D eigenvalue weighted by molar-refractivity contribution is 6.01. The minimum Gasteiger partial charge on any atom is -0.482 e. The number of hydrogen-bond acceptors (Lipinski definition) is 5. The van der Waals surface area contributed by atoms with Crippen molar-refractivity contribution in [1.29, 1.82) is 0 Å². The molecule has 3 amide bonds. The van der Waals surface area contributed by atoms with Crippen LogP contribution in [0.15, 0.2) is 18.2 Å². The molecular formula is C19H25N3O5. The number of nitrogens with zero attached hydrogens (tertiary/aromatic N) is 2. The first-order valence-corrected chi connectivity index (χ1v) is 9.21. The Labute approximate surface area is 158 Å². The molecule has 0 radical (unpaired) electrons. The highest BCUT2D eigenvalue weighted by atomic mass is 16.5. The predicted octanol–water partition coefficient (Wildman–Crippen LogP) is 1.43. The van der Waals surface area contributed by atoms with Crippen molar-refractivity contribution in [2.75, 3.05) is 31.1 Å². The minimum atomic E-state index is -0.642. The van der Waals surface area contributed by atoms with Crippen LogP contribution >= 0.6 is 0 Å². The third-order valence-electron chi connectivity index (χ3n) is 5.13. The molecule has 8 heteroatoms. The first-order valence-electron chi connectivity index (χ1n) is 9.21. The summed E-state index contributed by atoms with van der Waals surface area (Å²) in [5.41, 5.74) is 2.38. The van der Waals surface area contributed by atoms with Gasteiger partial charge in [0.25, 0.3) is 11.8 Å². The molecule has 0 unspecified atom stereocenters. The van der Waals surface area contributed by atoms with Crippen molar-refractivity contribution in [3.8, 4) is 5.75 Å². The molecule has 0 aromatic heterocycles. The second-order valence-corrected chi connectivity index (χ2v) is 7.34. The monoisotopic (exact) mass is 375 g/mol. The van der Waals surface area contributed by atoms with E-state index in [0.29, 0.717) is 31.1 Å². The van der Waals surface area contributed by atoms with Crippen LogP contribution < -0.4 is 15.1 Å².